The molecular formula is C31H34F4O5S3. The van der Waals surface area contributed by atoms with Gasteiger partial charge in [0.1, 0.15) is 0 Å². The van der Waals surface area contributed by atoms with Gasteiger partial charge in [0.2, 0.25) is 0 Å². The van der Waals surface area contributed by atoms with Crippen LogP contribution in [0.15, 0.2) is 105 Å². The number of alkyl halides is 4. The molecule has 2 bridgehead atoms. The number of hydrogen-bond acceptors (Lipinski definition) is 5. The summed E-state index contributed by atoms with van der Waals surface area (Å²) in [6, 6.07) is 28.1. The Kier molecular flexibility index (Phi) is 10.4. The van der Waals surface area contributed by atoms with E-state index in [1.165, 1.54) is 9.79 Å². The van der Waals surface area contributed by atoms with Crippen LogP contribution in [-0.2, 0) is 30.9 Å². The molecule has 3 atom stereocenters. The zero-order valence-corrected chi connectivity index (χ0v) is 26.0. The van der Waals surface area contributed by atoms with Crippen LogP contribution < -0.4 is 0 Å². The Hall–Kier alpha value is -2.41. The summed E-state index contributed by atoms with van der Waals surface area (Å²) >= 11 is 0. The lowest BCUT2D eigenvalue weighted by Gasteiger charge is -2.36. The van der Waals surface area contributed by atoms with Crippen LogP contribution in [0.4, 0.5) is 17.6 Å². The molecule has 2 fully saturated rings. The number of unbranched alkanes of at least 4 members (excludes halogenated alkanes) is 1. The van der Waals surface area contributed by atoms with Crippen LogP contribution in [-0.4, -0.2) is 38.3 Å². The van der Waals surface area contributed by atoms with Crippen LogP contribution in [0.3, 0.4) is 0 Å². The van der Waals surface area contributed by atoms with Gasteiger partial charge in [0, 0.05) is 5.92 Å². The van der Waals surface area contributed by atoms with Crippen LogP contribution in [0.25, 0.3) is 0 Å². The maximum absolute atomic E-state index is 13.5. The minimum absolute atomic E-state index is 0.0407. The topological polar surface area (TPSA) is 91.3 Å². The van der Waals surface area contributed by atoms with Gasteiger partial charge in [-0.15, -0.1) is 0 Å². The standard InChI is InChI=1S/C22H23O2S2.C9H12F4O3S/c1-2-3-18-26(23,24)22-16-14-21(15-17-22)25(19-10-6-4-7-11-19)20-12-8-5-9-13-20;10-8(11,9(12,13)17(14,15)16)7-4-5-1-2-6(7)3-5/h4-17H,2-3,18H2,1H3;5-7H,1-4H2,(H,14,15,16)/q+1;/p-1. The first-order chi connectivity index (χ1) is 20.2. The number of rotatable bonds is 10. The maximum Gasteiger partial charge on any atom is 0.396 e. The summed E-state index contributed by atoms with van der Waals surface area (Å²) in [5, 5.41) is -5.52. The monoisotopic (exact) mass is 658 g/mol. The molecule has 0 saturated heterocycles. The largest absolute Gasteiger partial charge is 0.743 e. The van der Waals surface area contributed by atoms with E-state index in [9.17, 15) is 39.0 Å². The van der Waals surface area contributed by atoms with Gasteiger partial charge in [-0.05, 0) is 86.1 Å². The summed E-state index contributed by atoms with van der Waals surface area (Å²) in [6.45, 7) is 2.00. The molecule has 43 heavy (non-hydrogen) atoms. The van der Waals surface area contributed by atoms with Crippen LogP contribution in [0.5, 0.6) is 0 Å². The first-order valence-electron chi connectivity index (χ1n) is 14.1. The molecule has 0 aromatic heterocycles. The number of sulfone groups is 1. The van der Waals surface area contributed by atoms with Crippen LogP contribution in [0, 0.1) is 17.8 Å². The van der Waals surface area contributed by atoms with Crippen molar-refractivity contribution < 1.29 is 39.0 Å². The minimum Gasteiger partial charge on any atom is -0.743 e. The van der Waals surface area contributed by atoms with Crippen molar-refractivity contribution in [3.63, 3.8) is 0 Å². The maximum atomic E-state index is 13.5. The van der Waals surface area contributed by atoms with Gasteiger partial charge in [-0.3, -0.25) is 0 Å². The average Bonchev–Trinajstić information content (AvgIpc) is 3.62. The number of halogens is 4. The molecule has 2 saturated carbocycles. The van der Waals surface area contributed by atoms with E-state index in [-0.39, 0.29) is 29.0 Å². The summed E-state index contributed by atoms with van der Waals surface area (Å²) < 4.78 is 109. The first kappa shape index (κ1) is 33.5. The van der Waals surface area contributed by atoms with Gasteiger partial charge < -0.3 is 4.55 Å². The molecule has 0 radical (unpaired) electrons. The molecule has 2 aliphatic carbocycles. The Balaban J connectivity index is 0.000000215. The Morgan fingerprint density at radius 1 is 0.767 bits per heavy atom. The van der Waals surface area contributed by atoms with Crippen molar-refractivity contribution >= 4 is 30.9 Å². The zero-order valence-electron chi connectivity index (χ0n) is 23.5. The van der Waals surface area contributed by atoms with E-state index in [1.807, 2.05) is 55.5 Å². The van der Waals surface area contributed by atoms with Crippen LogP contribution >= 0.6 is 0 Å². The van der Waals surface area contributed by atoms with Gasteiger partial charge in [0.25, 0.3) is 0 Å². The Morgan fingerprint density at radius 3 is 1.70 bits per heavy atom. The van der Waals surface area contributed by atoms with E-state index in [0.29, 0.717) is 30.6 Å². The molecule has 3 aromatic carbocycles. The van der Waals surface area contributed by atoms with E-state index in [4.69, 9.17) is 0 Å². The number of fused-ring (bicyclic) bond motifs is 2. The molecule has 3 aromatic rings. The lowest BCUT2D eigenvalue weighted by Crippen LogP contribution is -2.52. The molecule has 0 N–H and O–H groups in total. The molecule has 12 heteroatoms. The molecule has 234 valence electrons. The Morgan fingerprint density at radius 2 is 1.28 bits per heavy atom. The Bertz CT molecular complexity index is 1530. The predicted molar refractivity (Wildman–Crippen MR) is 157 cm³/mol. The van der Waals surface area contributed by atoms with Crippen molar-refractivity contribution in [3.8, 4) is 0 Å². The summed E-state index contributed by atoms with van der Waals surface area (Å²) in [5.74, 6) is -6.89. The second-order valence-electron chi connectivity index (χ2n) is 11.0. The van der Waals surface area contributed by atoms with Crippen molar-refractivity contribution in [2.75, 3.05) is 5.75 Å². The molecule has 3 unspecified atom stereocenters. The van der Waals surface area contributed by atoms with Gasteiger partial charge in [0.15, 0.2) is 34.6 Å². The van der Waals surface area contributed by atoms with Crippen LogP contribution in [0.1, 0.15) is 45.4 Å². The van der Waals surface area contributed by atoms with Gasteiger partial charge in [0.05, 0.1) is 21.5 Å². The Labute approximate surface area is 253 Å². The van der Waals surface area contributed by atoms with Crippen molar-refractivity contribution in [3.05, 3.63) is 84.9 Å². The fourth-order valence-corrected chi connectivity index (χ4v) is 9.85. The van der Waals surface area contributed by atoms with Crippen molar-refractivity contribution in [1.29, 1.82) is 0 Å². The molecule has 5 rings (SSSR count). The van der Waals surface area contributed by atoms with E-state index in [2.05, 4.69) is 24.3 Å². The van der Waals surface area contributed by atoms with Crippen molar-refractivity contribution in [2.45, 2.75) is 76.2 Å². The SMILES string of the molecule is CCCCS(=O)(=O)c1ccc([S+](c2ccccc2)c2ccccc2)cc1.O=S(=O)([O-])C(F)(F)C(F)(F)C1CC2CCC1C2. The highest BCUT2D eigenvalue weighted by Crippen LogP contribution is 2.58. The third-order valence-electron chi connectivity index (χ3n) is 8.05. The quantitative estimate of drug-likeness (QED) is 0.127. The number of hydrogen-bond donors (Lipinski definition) is 0. The second kappa shape index (κ2) is 13.3. The molecule has 0 heterocycles. The van der Waals surface area contributed by atoms with E-state index < -0.39 is 43.0 Å². The molecular weight excluding hydrogens is 625 g/mol. The smallest absolute Gasteiger partial charge is 0.396 e. The van der Waals surface area contributed by atoms with Crippen molar-refractivity contribution in [2.24, 2.45) is 17.8 Å². The van der Waals surface area contributed by atoms with Gasteiger partial charge in [-0.2, -0.15) is 17.6 Å². The van der Waals surface area contributed by atoms with E-state index in [0.717, 1.165) is 11.3 Å². The summed E-state index contributed by atoms with van der Waals surface area (Å²) in [7, 11) is -9.79. The van der Waals surface area contributed by atoms with E-state index >= 15 is 0 Å². The van der Waals surface area contributed by atoms with Gasteiger partial charge in [-0.25, -0.2) is 16.8 Å². The summed E-state index contributed by atoms with van der Waals surface area (Å²) in [4.78, 5) is 3.98. The lowest BCUT2D eigenvalue weighted by molar-refractivity contribution is -0.202. The fraction of sp³-hybridized carbons (Fsp3) is 0.419. The van der Waals surface area contributed by atoms with Gasteiger partial charge >= 0.3 is 11.2 Å². The molecule has 5 nitrogen and oxygen atoms in total. The third-order valence-corrected chi connectivity index (χ3v) is 13.0. The molecule has 0 spiro atoms. The second-order valence-corrected chi connectivity index (χ2v) is 16.5. The van der Waals surface area contributed by atoms with Crippen molar-refractivity contribution in [1.82, 2.24) is 0 Å². The highest BCUT2D eigenvalue weighted by atomic mass is 32.2. The zero-order chi connectivity index (χ0) is 31.5. The predicted octanol–water partition coefficient (Wildman–Crippen LogP) is 7.55. The number of benzene rings is 3. The molecule has 0 amide bonds. The minimum atomic E-state index is -6.35. The summed E-state index contributed by atoms with van der Waals surface area (Å²) in [5.41, 5.74) is 0. The molecule has 2 aliphatic rings. The third kappa shape index (κ3) is 7.29. The van der Waals surface area contributed by atoms with Gasteiger partial charge in [-0.1, -0.05) is 56.2 Å². The van der Waals surface area contributed by atoms with E-state index in [1.54, 1.807) is 12.1 Å². The fourth-order valence-electron chi connectivity index (χ4n) is 5.83. The highest BCUT2D eigenvalue weighted by molar-refractivity contribution is 7.97. The first-order valence-corrected chi connectivity index (χ1v) is 18.4. The average molecular weight is 659 g/mol. The summed E-state index contributed by atoms with van der Waals surface area (Å²) in [6.07, 6.45) is 3.00. The molecule has 0 aliphatic heterocycles. The highest BCUT2D eigenvalue weighted by Gasteiger charge is 2.68. The van der Waals surface area contributed by atoms with Crippen LogP contribution in [0.2, 0.25) is 0 Å². The lowest BCUT2D eigenvalue weighted by atomic mass is 9.84. The normalized spacial score (nSPS) is 20.6.